The molecule has 0 bridgehead atoms. The molecular formula is C21H20ClF4NO4S. The van der Waals surface area contributed by atoms with Crippen LogP contribution < -0.4 is 5.32 Å². The number of nitrogens with one attached hydrogen (secondary N) is 1. The fourth-order valence-corrected chi connectivity index (χ4v) is 5.62. The minimum atomic E-state index is -4.66. The number of rotatable bonds is 5. The van der Waals surface area contributed by atoms with Crippen LogP contribution in [0.5, 0.6) is 0 Å². The first-order chi connectivity index (χ1) is 14.8. The number of alkyl halides is 3. The quantitative estimate of drug-likeness (QED) is 0.606. The van der Waals surface area contributed by atoms with E-state index in [9.17, 15) is 35.9 Å². The Morgan fingerprint density at radius 3 is 2.41 bits per heavy atom. The number of benzene rings is 2. The molecule has 0 spiro atoms. The largest absolute Gasteiger partial charge is 0.416 e. The van der Waals surface area contributed by atoms with Crippen molar-refractivity contribution in [2.75, 3.05) is 6.54 Å². The predicted molar refractivity (Wildman–Crippen MR) is 110 cm³/mol. The molecule has 0 radical (unpaired) electrons. The molecule has 1 aliphatic carbocycles. The van der Waals surface area contributed by atoms with E-state index in [2.05, 4.69) is 5.32 Å². The summed E-state index contributed by atoms with van der Waals surface area (Å²) < 4.78 is 77.7. The third kappa shape index (κ3) is 5.41. The highest BCUT2D eigenvalue weighted by Gasteiger charge is 2.40. The number of carbonyl (C=O) groups is 1. The molecule has 1 aliphatic rings. The van der Waals surface area contributed by atoms with Crippen molar-refractivity contribution in [2.45, 2.75) is 47.6 Å². The van der Waals surface area contributed by atoms with Gasteiger partial charge in [-0.2, -0.15) is 13.2 Å². The Morgan fingerprint density at radius 1 is 1.16 bits per heavy atom. The van der Waals surface area contributed by atoms with E-state index in [-0.39, 0.29) is 42.8 Å². The van der Waals surface area contributed by atoms with Crippen molar-refractivity contribution in [1.82, 2.24) is 5.32 Å². The Labute approximate surface area is 187 Å². The minimum absolute atomic E-state index is 0.0212. The summed E-state index contributed by atoms with van der Waals surface area (Å²) in [5.41, 5.74) is -2.32. The zero-order chi connectivity index (χ0) is 23.7. The van der Waals surface area contributed by atoms with E-state index in [0.717, 1.165) is 30.3 Å². The van der Waals surface area contributed by atoms with Crippen LogP contribution in [0, 0.1) is 5.82 Å². The van der Waals surface area contributed by atoms with E-state index in [1.165, 1.54) is 6.07 Å². The number of carbonyl (C=O) groups excluding carboxylic acids is 1. The molecule has 0 unspecified atom stereocenters. The maximum absolute atomic E-state index is 13.2. The van der Waals surface area contributed by atoms with Gasteiger partial charge >= 0.3 is 6.18 Å². The van der Waals surface area contributed by atoms with Crippen LogP contribution in [0.2, 0.25) is 5.02 Å². The summed E-state index contributed by atoms with van der Waals surface area (Å²) in [6.07, 6.45) is -4.56. The predicted octanol–water partition coefficient (Wildman–Crippen LogP) is 4.38. The van der Waals surface area contributed by atoms with Crippen molar-refractivity contribution in [3.05, 3.63) is 64.4 Å². The molecule has 1 amide bonds. The summed E-state index contributed by atoms with van der Waals surface area (Å²) in [5, 5.41) is 12.1. The maximum Gasteiger partial charge on any atom is 0.416 e. The average Bonchev–Trinajstić information content (AvgIpc) is 2.74. The molecule has 2 aromatic rings. The van der Waals surface area contributed by atoms with Gasteiger partial charge in [-0.15, -0.1) is 0 Å². The van der Waals surface area contributed by atoms with Crippen molar-refractivity contribution in [2.24, 2.45) is 0 Å². The van der Waals surface area contributed by atoms with Crippen molar-refractivity contribution in [3.63, 3.8) is 0 Å². The van der Waals surface area contributed by atoms with Crippen molar-refractivity contribution >= 4 is 27.3 Å². The molecule has 1 saturated carbocycles. The lowest BCUT2D eigenvalue weighted by Crippen LogP contribution is -2.47. The van der Waals surface area contributed by atoms with Crippen LogP contribution in [0.15, 0.2) is 47.4 Å². The summed E-state index contributed by atoms with van der Waals surface area (Å²) in [5.74, 6) is -1.26. The van der Waals surface area contributed by atoms with E-state index in [1.54, 1.807) is 0 Å². The standard InChI is InChI=1S/C21H20ClF4NO4S/c22-17-10-13(4-5-18(17)23)19(28)27-12-20(29)8-6-15(7-9-20)32(30,31)16-3-1-2-14(11-16)21(24,25)26/h1-5,10-11,15,29H,6-9,12H2,(H,27,28). The van der Waals surface area contributed by atoms with Crippen LogP contribution in [-0.4, -0.2) is 36.8 Å². The Morgan fingerprint density at radius 2 is 1.81 bits per heavy atom. The maximum atomic E-state index is 13.2. The number of hydrogen-bond donors (Lipinski definition) is 2. The number of halogens is 5. The minimum Gasteiger partial charge on any atom is -0.388 e. The van der Waals surface area contributed by atoms with E-state index < -0.39 is 49.0 Å². The summed E-state index contributed by atoms with van der Waals surface area (Å²) >= 11 is 5.65. The van der Waals surface area contributed by atoms with Crippen LogP contribution in [0.4, 0.5) is 17.6 Å². The second kappa shape index (κ2) is 8.99. The van der Waals surface area contributed by atoms with Gasteiger partial charge in [0, 0.05) is 12.1 Å². The van der Waals surface area contributed by atoms with E-state index >= 15 is 0 Å². The summed E-state index contributed by atoms with van der Waals surface area (Å²) in [4.78, 5) is 11.8. The molecule has 1 fully saturated rings. The lowest BCUT2D eigenvalue weighted by atomic mass is 9.84. The molecule has 11 heteroatoms. The van der Waals surface area contributed by atoms with Crippen LogP contribution in [0.3, 0.4) is 0 Å². The first-order valence-electron chi connectivity index (χ1n) is 9.69. The van der Waals surface area contributed by atoms with Crippen LogP contribution >= 0.6 is 11.6 Å². The van der Waals surface area contributed by atoms with Crippen molar-refractivity contribution < 1.29 is 35.9 Å². The van der Waals surface area contributed by atoms with Gasteiger partial charge in [-0.05, 0) is 62.1 Å². The number of aliphatic hydroxyl groups is 1. The first kappa shape index (κ1) is 24.5. The third-order valence-electron chi connectivity index (χ3n) is 5.55. The Hall–Kier alpha value is -2.17. The summed E-state index contributed by atoms with van der Waals surface area (Å²) in [6, 6.07) is 7.01. The van der Waals surface area contributed by atoms with E-state index in [4.69, 9.17) is 11.6 Å². The van der Waals surface area contributed by atoms with Gasteiger partial charge in [0.05, 0.1) is 26.3 Å². The van der Waals surface area contributed by atoms with Crippen molar-refractivity contribution in [3.8, 4) is 0 Å². The molecule has 2 N–H and O–H groups in total. The van der Waals surface area contributed by atoms with Gasteiger partial charge in [-0.1, -0.05) is 17.7 Å². The van der Waals surface area contributed by atoms with Gasteiger partial charge in [0.2, 0.25) is 0 Å². The second-order valence-electron chi connectivity index (χ2n) is 7.81. The monoisotopic (exact) mass is 493 g/mol. The van der Waals surface area contributed by atoms with Gasteiger partial charge < -0.3 is 10.4 Å². The highest BCUT2D eigenvalue weighted by molar-refractivity contribution is 7.92. The van der Waals surface area contributed by atoms with Crippen molar-refractivity contribution in [1.29, 1.82) is 0 Å². The lowest BCUT2D eigenvalue weighted by Gasteiger charge is -2.35. The molecule has 0 atom stereocenters. The fraction of sp³-hybridized carbons (Fsp3) is 0.381. The highest BCUT2D eigenvalue weighted by Crippen LogP contribution is 2.36. The molecule has 2 aromatic carbocycles. The second-order valence-corrected chi connectivity index (χ2v) is 10.4. The van der Waals surface area contributed by atoms with Gasteiger partial charge in [0.1, 0.15) is 5.82 Å². The Bertz CT molecular complexity index is 1110. The zero-order valence-corrected chi connectivity index (χ0v) is 18.2. The first-order valence-corrected chi connectivity index (χ1v) is 11.6. The summed E-state index contributed by atoms with van der Waals surface area (Å²) in [6.45, 7) is -0.169. The molecule has 0 aromatic heterocycles. The zero-order valence-electron chi connectivity index (χ0n) is 16.6. The van der Waals surface area contributed by atoms with Gasteiger partial charge in [-0.3, -0.25) is 4.79 Å². The number of hydrogen-bond acceptors (Lipinski definition) is 4. The molecule has 5 nitrogen and oxygen atoms in total. The summed E-state index contributed by atoms with van der Waals surface area (Å²) in [7, 11) is -4.03. The molecular weight excluding hydrogens is 474 g/mol. The van der Waals surface area contributed by atoms with E-state index in [0.29, 0.717) is 6.07 Å². The fourth-order valence-electron chi connectivity index (χ4n) is 3.64. The molecule has 0 aliphatic heterocycles. The van der Waals surface area contributed by atoms with Gasteiger partial charge in [-0.25, -0.2) is 12.8 Å². The normalized spacial score (nSPS) is 21.9. The topological polar surface area (TPSA) is 83.5 Å². The number of amides is 1. The molecule has 32 heavy (non-hydrogen) atoms. The van der Waals surface area contributed by atoms with Gasteiger partial charge in [0.25, 0.3) is 5.91 Å². The number of sulfone groups is 1. The highest BCUT2D eigenvalue weighted by atomic mass is 35.5. The Kier molecular flexibility index (Phi) is 6.88. The third-order valence-corrected chi connectivity index (χ3v) is 8.10. The van der Waals surface area contributed by atoms with Crippen LogP contribution in [-0.2, 0) is 16.0 Å². The smallest absolute Gasteiger partial charge is 0.388 e. The Balaban J connectivity index is 1.63. The van der Waals surface area contributed by atoms with Gasteiger partial charge in [0.15, 0.2) is 9.84 Å². The van der Waals surface area contributed by atoms with Crippen LogP contribution in [0.25, 0.3) is 0 Å². The molecule has 0 heterocycles. The molecule has 174 valence electrons. The van der Waals surface area contributed by atoms with Crippen LogP contribution in [0.1, 0.15) is 41.6 Å². The molecule has 3 rings (SSSR count). The lowest BCUT2D eigenvalue weighted by molar-refractivity contribution is -0.137. The average molecular weight is 494 g/mol. The molecule has 0 saturated heterocycles. The van der Waals surface area contributed by atoms with E-state index in [1.807, 2.05) is 0 Å². The SMILES string of the molecule is O=C(NCC1(O)CCC(S(=O)(=O)c2cccc(C(F)(F)F)c2)CC1)c1ccc(F)c(Cl)c1.